The van der Waals surface area contributed by atoms with Gasteiger partial charge in [0.05, 0.1) is 21.8 Å². The molecular formula is C31H21ClN2O4S. The summed E-state index contributed by atoms with van der Waals surface area (Å²) in [4.78, 5) is 33.0. The quantitative estimate of drug-likeness (QED) is 0.137. The lowest BCUT2D eigenvalue weighted by Gasteiger charge is -2.23. The fourth-order valence-corrected chi connectivity index (χ4v) is 5.87. The van der Waals surface area contributed by atoms with E-state index in [1.54, 1.807) is 60.7 Å². The molecule has 4 aromatic carbocycles. The van der Waals surface area contributed by atoms with Gasteiger partial charge in [-0.1, -0.05) is 95.7 Å². The van der Waals surface area contributed by atoms with Gasteiger partial charge >= 0.3 is 5.91 Å². The van der Waals surface area contributed by atoms with Crippen LogP contribution in [0.15, 0.2) is 109 Å². The van der Waals surface area contributed by atoms with Gasteiger partial charge in [-0.25, -0.2) is 4.98 Å². The number of hydrogen-bond donors (Lipinski definition) is 1. The van der Waals surface area contributed by atoms with Crippen molar-refractivity contribution in [3.63, 3.8) is 0 Å². The van der Waals surface area contributed by atoms with E-state index >= 15 is 0 Å². The van der Waals surface area contributed by atoms with Crippen LogP contribution in [0.3, 0.4) is 0 Å². The Morgan fingerprint density at radius 3 is 2.44 bits per heavy atom. The van der Waals surface area contributed by atoms with Crippen LogP contribution in [0.2, 0.25) is 5.02 Å². The van der Waals surface area contributed by atoms with Crippen molar-refractivity contribution in [2.24, 2.45) is 0 Å². The lowest BCUT2D eigenvalue weighted by molar-refractivity contribution is -0.132. The highest BCUT2D eigenvalue weighted by Gasteiger charge is 2.48. The third-order valence-corrected chi connectivity index (χ3v) is 7.71. The van der Waals surface area contributed by atoms with Crippen LogP contribution < -0.4 is 9.64 Å². The normalized spacial score (nSPS) is 16.6. The lowest BCUT2D eigenvalue weighted by atomic mass is 9.95. The second-order valence-electron chi connectivity index (χ2n) is 8.99. The number of aliphatic hydroxyl groups excluding tert-OH is 1. The number of hydrogen-bond acceptors (Lipinski definition) is 6. The van der Waals surface area contributed by atoms with Gasteiger partial charge < -0.3 is 9.84 Å². The zero-order valence-corrected chi connectivity index (χ0v) is 22.0. The van der Waals surface area contributed by atoms with E-state index in [4.69, 9.17) is 16.3 Å². The molecule has 5 aromatic rings. The van der Waals surface area contributed by atoms with Crippen LogP contribution in [-0.4, -0.2) is 21.8 Å². The number of nitrogens with zero attached hydrogens (tertiary/aromatic N) is 2. The number of aromatic nitrogens is 1. The predicted molar refractivity (Wildman–Crippen MR) is 153 cm³/mol. The minimum atomic E-state index is -0.915. The number of rotatable bonds is 6. The molecule has 0 bridgehead atoms. The second kappa shape index (κ2) is 10.4. The first-order valence-electron chi connectivity index (χ1n) is 12.2. The van der Waals surface area contributed by atoms with Gasteiger partial charge in [-0.15, -0.1) is 0 Å². The summed E-state index contributed by atoms with van der Waals surface area (Å²) in [6, 6.07) is 30.0. The molecule has 1 unspecified atom stereocenters. The van der Waals surface area contributed by atoms with Crippen molar-refractivity contribution in [3.05, 3.63) is 130 Å². The number of carbonyl (C=O) groups is 2. The molecule has 0 radical (unpaired) electrons. The maximum atomic E-state index is 13.5. The highest BCUT2D eigenvalue weighted by molar-refractivity contribution is 7.22. The molecule has 1 amide bonds. The number of ether oxygens (including phenoxy) is 1. The average Bonchev–Trinajstić information content (AvgIpc) is 3.50. The predicted octanol–water partition coefficient (Wildman–Crippen LogP) is 7.16. The molecule has 1 aliphatic rings. The number of fused-ring (bicyclic) bond motifs is 1. The smallest absolute Gasteiger partial charge is 0.301 e. The molecule has 1 N–H and O–H groups in total. The Kier molecular flexibility index (Phi) is 6.60. The maximum absolute atomic E-state index is 13.5. The number of thiazole rings is 1. The van der Waals surface area contributed by atoms with Crippen molar-refractivity contribution in [2.75, 3.05) is 4.90 Å². The van der Waals surface area contributed by atoms with E-state index < -0.39 is 17.7 Å². The van der Waals surface area contributed by atoms with Gasteiger partial charge in [0, 0.05) is 10.6 Å². The van der Waals surface area contributed by atoms with Crippen LogP contribution in [-0.2, 0) is 16.2 Å². The second-order valence-corrected chi connectivity index (χ2v) is 10.4. The van der Waals surface area contributed by atoms with Crippen molar-refractivity contribution in [1.82, 2.24) is 4.98 Å². The van der Waals surface area contributed by atoms with E-state index in [2.05, 4.69) is 4.98 Å². The Labute approximate surface area is 233 Å². The van der Waals surface area contributed by atoms with E-state index in [1.807, 2.05) is 42.5 Å². The summed E-state index contributed by atoms with van der Waals surface area (Å²) in [5, 5.41) is 12.2. The van der Waals surface area contributed by atoms with Crippen LogP contribution >= 0.6 is 22.9 Å². The van der Waals surface area contributed by atoms with Crippen LogP contribution in [0.4, 0.5) is 5.13 Å². The Hall–Kier alpha value is -4.46. The van der Waals surface area contributed by atoms with E-state index in [-0.39, 0.29) is 11.3 Å². The number of ketones is 1. The van der Waals surface area contributed by atoms with E-state index in [0.717, 1.165) is 10.3 Å². The molecule has 0 aliphatic carbocycles. The van der Waals surface area contributed by atoms with Crippen LogP contribution in [0.5, 0.6) is 5.75 Å². The van der Waals surface area contributed by atoms with Gasteiger partial charge in [-0.05, 0) is 41.5 Å². The Bertz CT molecular complexity index is 1730. The van der Waals surface area contributed by atoms with Crippen molar-refractivity contribution in [3.8, 4) is 5.75 Å². The summed E-state index contributed by atoms with van der Waals surface area (Å²) in [6.07, 6.45) is 0. The molecule has 0 spiro atoms. The molecule has 39 heavy (non-hydrogen) atoms. The largest absolute Gasteiger partial charge is 0.507 e. The number of halogens is 1. The molecule has 1 aromatic heterocycles. The van der Waals surface area contributed by atoms with Crippen LogP contribution in [0, 0.1) is 0 Å². The standard InChI is InChI=1S/C31H21ClN2O4S/c32-22-14-15-24-25(17-22)39-31(33-24)34-27(26(29(36)30(34)37)28(35)20-10-5-2-6-11-20)21-12-7-13-23(16-21)38-18-19-8-3-1-4-9-19/h1-17,27,35H,18H2. The summed E-state index contributed by atoms with van der Waals surface area (Å²) in [5.74, 6) is -1.23. The highest BCUT2D eigenvalue weighted by atomic mass is 35.5. The van der Waals surface area contributed by atoms with Gasteiger partial charge in [-0.2, -0.15) is 0 Å². The number of anilines is 1. The van der Waals surface area contributed by atoms with Crippen LogP contribution in [0.1, 0.15) is 22.7 Å². The molecule has 6 nitrogen and oxygen atoms in total. The summed E-state index contributed by atoms with van der Waals surface area (Å²) in [6.45, 7) is 0.354. The number of aliphatic hydroxyl groups is 1. The van der Waals surface area contributed by atoms with Gasteiger partial charge in [-0.3, -0.25) is 14.5 Å². The zero-order chi connectivity index (χ0) is 26.9. The first-order chi connectivity index (χ1) is 19.0. The SMILES string of the molecule is O=C1C(=O)N(c2nc3ccc(Cl)cc3s2)C(c2cccc(OCc3ccccc3)c2)C1=C(O)c1ccccc1. The topological polar surface area (TPSA) is 79.7 Å². The maximum Gasteiger partial charge on any atom is 0.301 e. The van der Waals surface area contributed by atoms with E-state index in [0.29, 0.717) is 39.2 Å². The highest BCUT2D eigenvalue weighted by Crippen LogP contribution is 2.45. The first-order valence-corrected chi connectivity index (χ1v) is 13.4. The molecule has 6 rings (SSSR count). The van der Waals surface area contributed by atoms with E-state index in [9.17, 15) is 14.7 Å². The molecular weight excluding hydrogens is 532 g/mol. The van der Waals surface area contributed by atoms with Crippen molar-refractivity contribution in [2.45, 2.75) is 12.6 Å². The number of amides is 1. The summed E-state index contributed by atoms with van der Waals surface area (Å²) >= 11 is 7.43. The van der Waals surface area contributed by atoms with Gasteiger partial charge in [0.25, 0.3) is 5.78 Å². The first kappa shape index (κ1) is 24.9. The minimum Gasteiger partial charge on any atom is -0.507 e. The molecule has 8 heteroatoms. The Balaban J connectivity index is 1.47. The van der Waals surface area contributed by atoms with Crippen molar-refractivity contribution < 1.29 is 19.4 Å². The van der Waals surface area contributed by atoms with Crippen molar-refractivity contribution >= 4 is 55.7 Å². The molecule has 1 fully saturated rings. The van der Waals surface area contributed by atoms with Crippen LogP contribution in [0.25, 0.3) is 16.0 Å². The third-order valence-electron chi connectivity index (χ3n) is 6.46. The average molecular weight is 553 g/mol. The minimum absolute atomic E-state index is 0.0105. The lowest BCUT2D eigenvalue weighted by Crippen LogP contribution is -2.29. The fourth-order valence-electron chi connectivity index (χ4n) is 4.60. The molecule has 1 aliphatic heterocycles. The fraction of sp³-hybridized carbons (Fsp3) is 0.0645. The molecule has 192 valence electrons. The van der Waals surface area contributed by atoms with Gasteiger partial charge in [0.15, 0.2) is 5.13 Å². The van der Waals surface area contributed by atoms with Gasteiger partial charge in [0.2, 0.25) is 0 Å². The number of Topliss-reactive ketones (excluding diaryl/α,β-unsaturated/α-hetero) is 1. The molecule has 0 saturated carbocycles. The monoisotopic (exact) mass is 552 g/mol. The van der Waals surface area contributed by atoms with Gasteiger partial charge in [0.1, 0.15) is 18.1 Å². The van der Waals surface area contributed by atoms with Crippen molar-refractivity contribution in [1.29, 1.82) is 0 Å². The molecule has 2 heterocycles. The summed E-state index contributed by atoms with van der Waals surface area (Å²) in [5.41, 5.74) is 2.69. The summed E-state index contributed by atoms with van der Waals surface area (Å²) in [7, 11) is 0. The third kappa shape index (κ3) is 4.78. The number of carbonyl (C=O) groups excluding carboxylic acids is 2. The molecule has 1 saturated heterocycles. The Morgan fingerprint density at radius 1 is 0.923 bits per heavy atom. The zero-order valence-electron chi connectivity index (χ0n) is 20.5. The summed E-state index contributed by atoms with van der Waals surface area (Å²) < 4.78 is 6.81. The molecule has 1 atom stereocenters. The Morgan fingerprint density at radius 2 is 1.67 bits per heavy atom. The van der Waals surface area contributed by atoms with E-state index in [1.165, 1.54) is 16.2 Å². The number of benzene rings is 4.